The maximum atomic E-state index is 13.4. The number of pyridine rings is 1. The van der Waals surface area contributed by atoms with Crippen LogP contribution in [0.4, 0.5) is 11.6 Å². The average molecular weight is 585 g/mol. The predicted octanol–water partition coefficient (Wildman–Crippen LogP) is 4.49. The van der Waals surface area contributed by atoms with Crippen molar-refractivity contribution in [1.29, 1.82) is 0 Å². The van der Waals surface area contributed by atoms with E-state index in [0.29, 0.717) is 33.4 Å². The number of aryl methyl sites for hydroxylation is 1. The van der Waals surface area contributed by atoms with E-state index in [-0.39, 0.29) is 10.9 Å². The molecule has 9 nitrogen and oxygen atoms in total. The third-order valence-electron chi connectivity index (χ3n) is 6.52. The monoisotopic (exact) mass is 583 g/mol. The molecule has 5 rings (SSSR count). The molecular weight excluding hydrogens is 554 g/mol. The Morgan fingerprint density at radius 1 is 1.08 bits per heavy atom. The summed E-state index contributed by atoms with van der Waals surface area (Å²) in [5.41, 5.74) is 2.15. The summed E-state index contributed by atoms with van der Waals surface area (Å²) in [6.07, 6.45) is 2.90. The van der Waals surface area contributed by atoms with E-state index in [1.807, 2.05) is 32.0 Å². The maximum Gasteiger partial charge on any atom is 0.269 e. The number of anilines is 2. The number of halogens is 1. The molecule has 4 heterocycles. The van der Waals surface area contributed by atoms with Gasteiger partial charge in [0.2, 0.25) is 0 Å². The number of nitrogens with one attached hydrogen (secondary N) is 2. The molecule has 1 aliphatic rings. The molecule has 1 aromatic carbocycles. The van der Waals surface area contributed by atoms with Crippen LogP contribution < -0.4 is 15.5 Å². The normalized spacial score (nSPS) is 19.2. The van der Waals surface area contributed by atoms with Crippen LogP contribution in [0.3, 0.4) is 0 Å². The van der Waals surface area contributed by atoms with Crippen molar-refractivity contribution in [3.05, 3.63) is 70.7 Å². The zero-order valence-electron chi connectivity index (χ0n) is 21.2. The summed E-state index contributed by atoms with van der Waals surface area (Å²) in [7, 11) is -3.84. The second kappa shape index (κ2) is 10.0. The Labute approximate surface area is 225 Å². The van der Waals surface area contributed by atoms with Gasteiger partial charge in [0.1, 0.15) is 18.0 Å². The van der Waals surface area contributed by atoms with Gasteiger partial charge in [0.25, 0.3) is 10.0 Å². The first kappa shape index (κ1) is 25.6. The fourth-order valence-electron chi connectivity index (χ4n) is 4.76. The molecule has 1 aliphatic heterocycles. The lowest BCUT2D eigenvalue weighted by molar-refractivity contribution is 0.405. The van der Waals surface area contributed by atoms with Gasteiger partial charge in [-0.25, -0.2) is 27.3 Å². The van der Waals surface area contributed by atoms with Gasteiger partial charge in [-0.15, -0.1) is 0 Å². The highest BCUT2D eigenvalue weighted by Gasteiger charge is 2.25. The first-order valence-electron chi connectivity index (χ1n) is 12.2. The number of fused-ring (bicyclic) bond motifs is 1. The van der Waals surface area contributed by atoms with E-state index < -0.39 is 10.0 Å². The molecule has 0 aliphatic carbocycles. The van der Waals surface area contributed by atoms with Crippen LogP contribution in [0.1, 0.15) is 38.1 Å². The quantitative estimate of drug-likeness (QED) is 0.342. The Hall–Kier alpha value is -3.02. The van der Waals surface area contributed by atoms with Crippen molar-refractivity contribution < 1.29 is 8.42 Å². The molecule has 4 aromatic rings. The summed E-state index contributed by atoms with van der Waals surface area (Å²) in [6, 6.07) is 13.4. The average Bonchev–Trinajstić information content (AvgIpc) is 3.22. The molecule has 0 radical (unpaired) electrons. The molecule has 1 saturated heterocycles. The lowest BCUT2D eigenvalue weighted by Gasteiger charge is -2.37. The molecule has 3 atom stereocenters. The van der Waals surface area contributed by atoms with Gasteiger partial charge >= 0.3 is 0 Å². The Balaban J connectivity index is 1.45. The van der Waals surface area contributed by atoms with Gasteiger partial charge in [0.15, 0.2) is 5.65 Å². The Morgan fingerprint density at radius 2 is 1.78 bits per heavy atom. The predicted molar refractivity (Wildman–Crippen MR) is 150 cm³/mol. The van der Waals surface area contributed by atoms with Crippen LogP contribution in [0.15, 0.2) is 64.4 Å². The van der Waals surface area contributed by atoms with Crippen LogP contribution in [0, 0.1) is 6.92 Å². The van der Waals surface area contributed by atoms with E-state index in [9.17, 15) is 8.42 Å². The second-order valence-corrected chi connectivity index (χ2v) is 12.3. The molecule has 0 bridgehead atoms. The third-order valence-corrected chi connectivity index (χ3v) is 8.78. The standard InChI is InChI=1S/C26H30BrN7O2S/c1-16-8-10-20(11-9-16)37(35,36)34-14-21(27)24-25(28-15-29-26(24)34)31-19(4)22-6-5-7-23(32-22)33-12-17(2)30-18(3)13-33/h5-11,14-15,17-19,30H,12-13H2,1-4H3,(H,28,29,31)/t17-,18+,19?. The number of hydrogen-bond donors (Lipinski definition) is 2. The van der Waals surface area contributed by atoms with E-state index in [0.717, 1.165) is 30.2 Å². The largest absolute Gasteiger partial charge is 0.361 e. The number of rotatable bonds is 6. The van der Waals surface area contributed by atoms with Crippen molar-refractivity contribution in [3.8, 4) is 0 Å². The van der Waals surface area contributed by atoms with E-state index in [2.05, 4.69) is 55.3 Å². The molecule has 37 heavy (non-hydrogen) atoms. The molecule has 194 valence electrons. The molecule has 0 spiro atoms. The molecular formula is C26H30BrN7O2S. The van der Waals surface area contributed by atoms with Crippen molar-refractivity contribution in [2.45, 2.75) is 50.7 Å². The minimum absolute atomic E-state index is 0.181. The fourth-order valence-corrected chi connectivity index (χ4v) is 6.78. The zero-order chi connectivity index (χ0) is 26.3. The summed E-state index contributed by atoms with van der Waals surface area (Å²) in [5, 5.41) is 7.56. The van der Waals surface area contributed by atoms with Gasteiger partial charge in [-0.2, -0.15) is 0 Å². The van der Waals surface area contributed by atoms with Crippen LogP contribution in [0.5, 0.6) is 0 Å². The number of piperazine rings is 1. The molecule has 2 N–H and O–H groups in total. The number of nitrogens with zero attached hydrogens (tertiary/aromatic N) is 5. The maximum absolute atomic E-state index is 13.4. The van der Waals surface area contributed by atoms with Crippen LogP contribution in [-0.4, -0.2) is 52.5 Å². The van der Waals surface area contributed by atoms with Gasteiger partial charge in [-0.3, -0.25) is 0 Å². The van der Waals surface area contributed by atoms with Crippen molar-refractivity contribution >= 4 is 48.6 Å². The SMILES string of the molecule is Cc1ccc(S(=O)(=O)n2cc(Br)c3c(NC(C)c4cccc(N5C[C@@H](C)N[C@@H](C)C5)n4)ncnc32)cc1. The van der Waals surface area contributed by atoms with E-state index in [1.54, 1.807) is 24.3 Å². The summed E-state index contributed by atoms with van der Waals surface area (Å²) in [6.45, 7) is 10.1. The van der Waals surface area contributed by atoms with Gasteiger partial charge in [0.05, 0.1) is 22.0 Å². The van der Waals surface area contributed by atoms with Crippen LogP contribution in [0.25, 0.3) is 11.0 Å². The van der Waals surface area contributed by atoms with Crippen molar-refractivity contribution in [1.82, 2.24) is 24.2 Å². The highest BCUT2D eigenvalue weighted by molar-refractivity contribution is 9.10. The van der Waals surface area contributed by atoms with Gasteiger partial charge in [0, 0.05) is 35.8 Å². The summed E-state index contributed by atoms with van der Waals surface area (Å²) in [4.78, 5) is 16.2. The second-order valence-electron chi connectivity index (χ2n) is 9.67. The van der Waals surface area contributed by atoms with Gasteiger partial charge in [-0.1, -0.05) is 23.8 Å². The third kappa shape index (κ3) is 5.07. The van der Waals surface area contributed by atoms with Crippen molar-refractivity contribution in [2.24, 2.45) is 0 Å². The minimum Gasteiger partial charge on any atom is -0.361 e. The smallest absolute Gasteiger partial charge is 0.269 e. The van der Waals surface area contributed by atoms with E-state index >= 15 is 0 Å². The van der Waals surface area contributed by atoms with Gasteiger partial charge in [-0.05, 0) is 67.9 Å². The lowest BCUT2D eigenvalue weighted by Crippen LogP contribution is -2.54. The molecule has 3 aromatic heterocycles. The van der Waals surface area contributed by atoms with Crippen LogP contribution in [0.2, 0.25) is 0 Å². The minimum atomic E-state index is -3.84. The summed E-state index contributed by atoms with van der Waals surface area (Å²) < 4.78 is 28.6. The Kier molecular flexibility index (Phi) is 6.95. The number of hydrogen-bond acceptors (Lipinski definition) is 8. The number of benzene rings is 1. The lowest BCUT2D eigenvalue weighted by atomic mass is 10.1. The fraction of sp³-hybridized carbons (Fsp3) is 0.346. The van der Waals surface area contributed by atoms with Crippen molar-refractivity contribution in [2.75, 3.05) is 23.3 Å². The molecule has 1 fully saturated rings. The van der Waals surface area contributed by atoms with E-state index in [1.165, 1.54) is 16.5 Å². The van der Waals surface area contributed by atoms with Crippen LogP contribution in [-0.2, 0) is 10.0 Å². The van der Waals surface area contributed by atoms with Crippen molar-refractivity contribution in [3.63, 3.8) is 0 Å². The van der Waals surface area contributed by atoms with Gasteiger partial charge < -0.3 is 15.5 Å². The molecule has 1 unspecified atom stereocenters. The highest BCUT2D eigenvalue weighted by atomic mass is 79.9. The number of aromatic nitrogens is 4. The topological polar surface area (TPSA) is 105 Å². The zero-order valence-corrected chi connectivity index (χ0v) is 23.6. The first-order valence-corrected chi connectivity index (χ1v) is 14.4. The van der Waals surface area contributed by atoms with E-state index in [4.69, 9.17) is 4.98 Å². The molecule has 11 heteroatoms. The highest BCUT2D eigenvalue weighted by Crippen LogP contribution is 2.34. The Bertz CT molecular complexity index is 1530. The summed E-state index contributed by atoms with van der Waals surface area (Å²) in [5.74, 6) is 1.47. The first-order chi connectivity index (χ1) is 17.6. The molecule has 0 amide bonds. The molecule has 0 saturated carbocycles. The Morgan fingerprint density at radius 3 is 2.49 bits per heavy atom. The van der Waals surface area contributed by atoms with Crippen LogP contribution >= 0.6 is 15.9 Å². The summed E-state index contributed by atoms with van der Waals surface area (Å²) >= 11 is 3.53.